The van der Waals surface area contributed by atoms with Gasteiger partial charge in [-0.2, -0.15) is 0 Å². The first-order chi connectivity index (χ1) is 9.20. The molecule has 104 valence electrons. The van der Waals surface area contributed by atoms with E-state index in [1.54, 1.807) is 0 Å². The number of anilines is 1. The number of amides is 1. The maximum absolute atomic E-state index is 11.0. The van der Waals surface area contributed by atoms with Gasteiger partial charge in [0.25, 0.3) is 0 Å². The molecule has 2 fully saturated rings. The van der Waals surface area contributed by atoms with E-state index in [0.717, 1.165) is 30.7 Å². The quantitative estimate of drug-likeness (QED) is 0.876. The van der Waals surface area contributed by atoms with Gasteiger partial charge in [-0.15, -0.1) is 11.3 Å². The summed E-state index contributed by atoms with van der Waals surface area (Å²) in [6.45, 7) is 5.90. The van der Waals surface area contributed by atoms with Crippen molar-refractivity contribution in [3.63, 3.8) is 0 Å². The van der Waals surface area contributed by atoms with E-state index in [1.807, 2.05) is 5.38 Å². The van der Waals surface area contributed by atoms with E-state index >= 15 is 0 Å². The number of nitrogens with zero attached hydrogens (tertiary/aromatic N) is 2. The van der Waals surface area contributed by atoms with E-state index in [1.165, 1.54) is 44.2 Å². The van der Waals surface area contributed by atoms with Crippen LogP contribution in [0.15, 0.2) is 5.38 Å². The first kappa shape index (κ1) is 13.0. The number of carbonyl (C=O) groups excluding carboxylic acids is 1. The van der Waals surface area contributed by atoms with Crippen molar-refractivity contribution in [2.24, 2.45) is 5.92 Å². The molecule has 1 amide bonds. The molecule has 2 N–H and O–H groups in total. The minimum Gasteiger partial charge on any atom is -0.314 e. The van der Waals surface area contributed by atoms with Gasteiger partial charge in [0.1, 0.15) is 0 Å². The van der Waals surface area contributed by atoms with Gasteiger partial charge in [0.05, 0.1) is 5.69 Å². The lowest BCUT2D eigenvalue weighted by atomic mass is 9.93. The zero-order valence-corrected chi connectivity index (χ0v) is 12.0. The number of hydrogen-bond donors (Lipinski definition) is 2. The van der Waals surface area contributed by atoms with E-state index in [0.29, 0.717) is 5.13 Å². The van der Waals surface area contributed by atoms with Gasteiger partial charge in [-0.25, -0.2) is 4.98 Å². The Morgan fingerprint density at radius 3 is 3.37 bits per heavy atom. The van der Waals surface area contributed by atoms with Crippen LogP contribution >= 0.6 is 11.3 Å². The summed E-state index contributed by atoms with van der Waals surface area (Å²) in [5.41, 5.74) is 1.07. The van der Waals surface area contributed by atoms with E-state index in [9.17, 15) is 4.79 Å². The second kappa shape index (κ2) is 5.56. The molecule has 5 nitrogen and oxygen atoms in total. The van der Waals surface area contributed by atoms with Crippen LogP contribution in [-0.2, 0) is 11.3 Å². The van der Waals surface area contributed by atoms with Gasteiger partial charge in [-0.1, -0.05) is 0 Å². The Bertz CT molecular complexity index is 461. The molecule has 0 saturated carbocycles. The van der Waals surface area contributed by atoms with Gasteiger partial charge in [0.2, 0.25) is 5.91 Å². The third kappa shape index (κ3) is 3.13. The van der Waals surface area contributed by atoms with Crippen molar-refractivity contribution in [2.75, 3.05) is 25.0 Å². The Kier molecular flexibility index (Phi) is 3.81. The van der Waals surface area contributed by atoms with E-state index in [4.69, 9.17) is 0 Å². The fraction of sp³-hybridized carbons (Fsp3) is 0.692. The minimum atomic E-state index is -0.0567. The summed E-state index contributed by atoms with van der Waals surface area (Å²) in [5, 5.41) is 9.07. The molecular formula is C13H20N4OS. The summed E-state index contributed by atoms with van der Waals surface area (Å²) in [5.74, 6) is 0.751. The molecule has 0 aliphatic carbocycles. The van der Waals surface area contributed by atoms with Crippen molar-refractivity contribution in [1.82, 2.24) is 15.2 Å². The van der Waals surface area contributed by atoms with Gasteiger partial charge >= 0.3 is 0 Å². The normalized spacial score (nSPS) is 27.2. The highest BCUT2D eigenvalue weighted by Gasteiger charge is 2.32. The number of piperidine rings is 1. The summed E-state index contributed by atoms with van der Waals surface area (Å²) >= 11 is 1.50. The second-order valence-corrected chi connectivity index (χ2v) is 6.32. The number of carbonyl (C=O) groups is 1. The summed E-state index contributed by atoms with van der Waals surface area (Å²) in [6, 6.07) is 0.738. The highest BCUT2D eigenvalue weighted by atomic mass is 32.1. The number of fused-ring (bicyclic) bond motifs is 1. The third-order valence-corrected chi connectivity index (χ3v) is 4.77. The first-order valence-corrected chi connectivity index (χ1v) is 7.76. The zero-order valence-electron chi connectivity index (χ0n) is 11.2. The van der Waals surface area contributed by atoms with Crippen molar-refractivity contribution in [1.29, 1.82) is 0 Å². The zero-order chi connectivity index (χ0) is 13.2. The number of likely N-dealkylation sites (tertiary alicyclic amines) is 1. The topological polar surface area (TPSA) is 57.3 Å². The molecule has 2 aliphatic rings. The standard InChI is InChI=1S/C13H20N4OS/c1-9(18)15-13-16-11(8-19-13)7-17-5-3-12-10(6-17)2-4-14-12/h8,10,12,14H,2-7H2,1H3,(H,15,16,18). The van der Waals surface area contributed by atoms with E-state index in [2.05, 4.69) is 20.5 Å². The highest BCUT2D eigenvalue weighted by molar-refractivity contribution is 7.13. The van der Waals surface area contributed by atoms with Gasteiger partial charge in [0, 0.05) is 38.0 Å². The Hall–Kier alpha value is -0.980. The van der Waals surface area contributed by atoms with E-state index in [-0.39, 0.29) is 5.91 Å². The number of rotatable bonds is 3. The largest absolute Gasteiger partial charge is 0.314 e. The Balaban J connectivity index is 1.56. The highest BCUT2D eigenvalue weighted by Crippen LogP contribution is 2.26. The molecule has 0 radical (unpaired) electrons. The smallest absolute Gasteiger partial charge is 0.223 e. The molecule has 0 aromatic carbocycles. The van der Waals surface area contributed by atoms with Crippen LogP contribution in [0.25, 0.3) is 0 Å². The van der Waals surface area contributed by atoms with Crippen LogP contribution in [0, 0.1) is 5.92 Å². The molecule has 19 heavy (non-hydrogen) atoms. The van der Waals surface area contributed by atoms with Crippen LogP contribution < -0.4 is 10.6 Å². The fourth-order valence-electron chi connectivity index (χ4n) is 3.08. The van der Waals surface area contributed by atoms with Crippen LogP contribution in [0.4, 0.5) is 5.13 Å². The predicted molar refractivity (Wildman–Crippen MR) is 76.2 cm³/mol. The van der Waals surface area contributed by atoms with E-state index < -0.39 is 0 Å². The van der Waals surface area contributed by atoms with Gasteiger partial charge < -0.3 is 10.6 Å². The average Bonchev–Trinajstić information content (AvgIpc) is 2.97. The molecule has 0 bridgehead atoms. The molecule has 2 atom stereocenters. The third-order valence-electron chi connectivity index (χ3n) is 3.96. The van der Waals surface area contributed by atoms with Gasteiger partial charge in [-0.3, -0.25) is 9.69 Å². The number of thiazole rings is 1. The number of hydrogen-bond acceptors (Lipinski definition) is 5. The first-order valence-electron chi connectivity index (χ1n) is 6.88. The van der Waals surface area contributed by atoms with Crippen molar-refractivity contribution in [2.45, 2.75) is 32.4 Å². The second-order valence-electron chi connectivity index (χ2n) is 5.46. The fourth-order valence-corrected chi connectivity index (χ4v) is 3.83. The maximum atomic E-state index is 11.0. The lowest BCUT2D eigenvalue weighted by Gasteiger charge is -2.34. The van der Waals surface area contributed by atoms with Gasteiger partial charge in [0.15, 0.2) is 5.13 Å². The predicted octanol–water partition coefficient (Wildman–Crippen LogP) is 1.29. The number of nitrogens with one attached hydrogen (secondary N) is 2. The monoisotopic (exact) mass is 280 g/mol. The summed E-state index contributed by atoms with van der Waals surface area (Å²) < 4.78 is 0. The Morgan fingerprint density at radius 2 is 2.53 bits per heavy atom. The summed E-state index contributed by atoms with van der Waals surface area (Å²) in [7, 11) is 0. The molecule has 3 heterocycles. The SMILES string of the molecule is CC(=O)Nc1nc(CN2CCC3NCCC3C2)cs1. The van der Waals surface area contributed by atoms with Gasteiger partial charge in [-0.05, 0) is 25.3 Å². The molecule has 6 heteroatoms. The molecule has 2 unspecified atom stereocenters. The van der Waals surface area contributed by atoms with Crippen LogP contribution in [0.5, 0.6) is 0 Å². The van der Waals surface area contributed by atoms with Crippen molar-refractivity contribution < 1.29 is 4.79 Å². The number of aromatic nitrogens is 1. The summed E-state index contributed by atoms with van der Waals surface area (Å²) in [4.78, 5) is 17.9. The lowest BCUT2D eigenvalue weighted by Crippen LogP contribution is -2.43. The van der Waals surface area contributed by atoms with Crippen LogP contribution in [-0.4, -0.2) is 41.5 Å². The maximum Gasteiger partial charge on any atom is 0.223 e. The molecular weight excluding hydrogens is 260 g/mol. The van der Waals surface area contributed by atoms with Crippen LogP contribution in [0.1, 0.15) is 25.5 Å². The average molecular weight is 280 g/mol. The summed E-state index contributed by atoms with van der Waals surface area (Å²) in [6.07, 6.45) is 2.54. The molecule has 1 aromatic heterocycles. The molecule has 0 spiro atoms. The lowest BCUT2D eigenvalue weighted by molar-refractivity contribution is -0.114. The molecule has 2 saturated heterocycles. The Labute approximate surface area is 117 Å². The molecule has 3 rings (SSSR count). The minimum absolute atomic E-state index is 0.0567. The van der Waals surface area contributed by atoms with Crippen LogP contribution in [0.2, 0.25) is 0 Å². The Morgan fingerprint density at radius 1 is 1.63 bits per heavy atom. The van der Waals surface area contributed by atoms with Crippen molar-refractivity contribution in [3.8, 4) is 0 Å². The molecule has 2 aliphatic heterocycles. The van der Waals surface area contributed by atoms with Crippen LogP contribution in [0.3, 0.4) is 0 Å². The van der Waals surface area contributed by atoms with Crippen molar-refractivity contribution >= 4 is 22.4 Å². The van der Waals surface area contributed by atoms with Crippen molar-refractivity contribution in [3.05, 3.63) is 11.1 Å². The molecule has 1 aromatic rings.